The number of hydrogen-bond acceptors (Lipinski definition) is 6. The average molecular weight is 423 g/mol. The number of aromatic nitrogens is 5. The molecule has 0 aliphatic carbocycles. The highest BCUT2D eigenvalue weighted by Crippen LogP contribution is 2.21. The van der Waals surface area contributed by atoms with Crippen molar-refractivity contribution in [2.45, 2.75) is 26.3 Å². The molecule has 9 heteroatoms. The monoisotopic (exact) mass is 422 g/mol. The Morgan fingerprint density at radius 1 is 1.20 bits per heavy atom. The molecule has 0 aliphatic rings. The van der Waals surface area contributed by atoms with Crippen LogP contribution in [0.15, 0.2) is 59.6 Å². The molecule has 0 radical (unpaired) electrons. The van der Waals surface area contributed by atoms with Crippen LogP contribution >= 0.6 is 11.6 Å². The minimum Gasteiger partial charge on any atom is -0.347 e. The van der Waals surface area contributed by atoms with E-state index in [1.807, 2.05) is 26.0 Å². The van der Waals surface area contributed by atoms with Crippen molar-refractivity contribution in [3.8, 4) is 17.3 Å². The lowest BCUT2D eigenvalue weighted by Crippen LogP contribution is -2.23. The summed E-state index contributed by atoms with van der Waals surface area (Å²) in [5.41, 5.74) is 1.97. The third kappa shape index (κ3) is 4.38. The predicted molar refractivity (Wildman–Crippen MR) is 111 cm³/mol. The van der Waals surface area contributed by atoms with E-state index in [0.29, 0.717) is 29.1 Å². The van der Waals surface area contributed by atoms with Crippen LogP contribution in [0.5, 0.6) is 0 Å². The molecule has 152 valence electrons. The van der Waals surface area contributed by atoms with Gasteiger partial charge in [-0.15, -0.1) is 0 Å². The number of carbonyl (C=O) groups is 1. The second-order valence-electron chi connectivity index (χ2n) is 6.99. The normalized spacial score (nSPS) is 11.1. The summed E-state index contributed by atoms with van der Waals surface area (Å²) in [7, 11) is 0. The van der Waals surface area contributed by atoms with Gasteiger partial charge in [-0.05, 0) is 29.8 Å². The fraction of sp³-hybridized carbons (Fsp3) is 0.190. The van der Waals surface area contributed by atoms with Crippen LogP contribution in [-0.2, 0) is 6.54 Å². The molecule has 0 atom stereocenters. The Morgan fingerprint density at radius 3 is 2.73 bits per heavy atom. The minimum absolute atomic E-state index is 0.173. The van der Waals surface area contributed by atoms with Gasteiger partial charge in [0.05, 0.1) is 0 Å². The lowest BCUT2D eigenvalue weighted by Gasteiger charge is -2.04. The van der Waals surface area contributed by atoms with Gasteiger partial charge >= 0.3 is 0 Å². The molecule has 3 aromatic heterocycles. The Hall–Kier alpha value is -3.52. The maximum atomic E-state index is 12.4. The number of nitrogens with one attached hydrogen (secondary N) is 1. The van der Waals surface area contributed by atoms with E-state index in [1.54, 1.807) is 41.2 Å². The van der Waals surface area contributed by atoms with Crippen LogP contribution in [0, 0.1) is 0 Å². The van der Waals surface area contributed by atoms with Crippen LogP contribution in [0.2, 0.25) is 5.02 Å². The van der Waals surface area contributed by atoms with Crippen LogP contribution in [0.25, 0.3) is 17.3 Å². The largest absolute Gasteiger partial charge is 0.347 e. The number of rotatable bonds is 6. The van der Waals surface area contributed by atoms with E-state index in [1.165, 1.54) is 6.33 Å². The fourth-order valence-electron chi connectivity index (χ4n) is 2.72. The Kier molecular flexibility index (Phi) is 5.58. The predicted octanol–water partition coefficient (Wildman–Crippen LogP) is 4.02. The molecule has 0 spiro atoms. The second kappa shape index (κ2) is 8.46. The number of hydrogen-bond donors (Lipinski definition) is 1. The van der Waals surface area contributed by atoms with Crippen molar-refractivity contribution in [1.29, 1.82) is 0 Å². The fourth-order valence-corrected chi connectivity index (χ4v) is 2.85. The van der Waals surface area contributed by atoms with Crippen molar-refractivity contribution in [3.05, 3.63) is 77.2 Å². The third-order valence-corrected chi connectivity index (χ3v) is 4.65. The molecule has 1 N–H and O–H groups in total. The lowest BCUT2D eigenvalue weighted by atomic mass is 10.2. The number of carbonyl (C=O) groups excluding carboxylic acids is 1. The standard InChI is InChI=1S/C21H19ClN6O2/c1-13(2)19-26-21(30-27-19)15-7-8-23-18(9-15)28-11-17(25-12-28)20(29)24-10-14-3-5-16(22)6-4-14/h3-9,11-13H,10H2,1-2H3,(H,24,29). The first kappa shape index (κ1) is 19.8. The molecule has 0 aliphatic heterocycles. The van der Waals surface area contributed by atoms with Crippen molar-refractivity contribution < 1.29 is 9.32 Å². The minimum atomic E-state index is -0.279. The smallest absolute Gasteiger partial charge is 0.271 e. The zero-order valence-corrected chi connectivity index (χ0v) is 17.2. The van der Waals surface area contributed by atoms with Gasteiger partial charge in [-0.25, -0.2) is 9.97 Å². The molecule has 30 heavy (non-hydrogen) atoms. The molecule has 8 nitrogen and oxygen atoms in total. The van der Waals surface area contributed by atoms with E-state index in [0.717, 1.165) is 11.1 Å². The van der Waals surface area contributed by atoms with Gasteiger partial charge in [0.2, 0.25) is 0 Å². The first-order valence-electron chi connectivity index (χ1n) is 9.36. The Bertz CT molecular complexity index is 1170. The van der Waals surface area contributed by atoms with Gasteiger partial charge in [-0.2, -0.15) is 4.98 Å². The van der Waals surface area contributed by atoms with Crippen LogP contribution < -0.4 is 5.32 Å². The number of pyridine rings is 1. The molecule has 4 rings (SSSR count). The van der Waals surface area contributed by atoms with Gasteiger partial charge in [0.15, 0.2) is 5.82 Å². The molecular formula is C21H19ClN6O2. The maximum Gasteiger partial charge on any atom is 0.271 e. The summed E-state index contributed by atoms with van der Waals surface area (Å²) in [6, 6.07) is 10.9. The highest BCUT2D eigenvalue weighted by molar-refractivity contribution is 6.30. The second-order valence-corrected chi connectivity index (χ2v) is 7.43. The lowest BCUT2D eigenvalue weighted by molar-refractivity contribution is 0.0946. The highest BCUT2D eigenvalue weighted by Gasteiger charge is 2.14. The summed E-state index contributed by atoms with van der Waals surface area (Å²) < 4.78 is 7.01. The van der Waals surface area contributed by atoms with Crippen LogP contribution in [0.3, 0.4) is 0 Å². The van der Waals surface area contributed by atoms with Crippen molar-refractivity contribution in [2.24, 2.45) is 0 Å². The van der Waals surface area contributed by atoms with Gasteiger partial charge in [0, 0.05) is 35.4 Å². The Balaban J connectivity index is 1.48. The maximum absolute atomic E-state index is 12.4. The van der Waals surface area contributed by atoms with Crippen molar-refractivity contribution in [1.82, 2.24) is 30.0 Å². The first-order chi connectivity index (χ1) is 14.5. The molecule has 1 aromatic carbocycles. The Labute approximate surface area is 177 Å². The number of halogens is 1. The molecule has 0 saturated heterocycles. The van der Waals surface area contributed by atoms with E-state index in [2.05, 4.69) is 25.4 Å². The molecule has 0 unspecified atom stereocenters. The van der Waals surface area contributed by atoms with Crippen molar-refractivity contribution in [2.75, 3.05) is 0 Å². The summed E-state index contributed by atoms with van der Waals surface area (Å²) in [5, 5.41) is 7.48. The molecule has 1 amide bonds. The van der Waals surface area contributed by atoms with Crippen LogP contribution in [0.1, 0.15) is 41.6 Å². The van der Waals surface area contributed by atoms with Gasteiger partial charge < -0.3 is 9.84 Å². The van der Waals surface area contributed by atoms with Gasteiger partial charge in [-0.3, -0.25) is 9.36 Å². The zero-order valence-electron chi connectivity index (χ0n) is 16.4. The van der Waals surface area contributed by atoms with E-state index in [-0.39, 0.29) is 17.5 Å². The summed E-state index contributed by atoms with van der Waals surface area (Å²) in [6.45, 7) is 4.38. The quantitative estimate of drug-likeness (QED) is 0.503. The topological polar surface area (TPSA) is 98.7 Å². The molecule has 0 saturated carbocycles. The number of nitrogens with zero attached hydrogens (tertiary/aromatic N) is 5. The average Bonchev–Trinajstić information content (AvgIpc) is 3.43. The highest BCUT2D eigenvalue weighted by atomic mass is 35.5. The van der Waals surface area contributed by atoms with Gasteiger partial charge in [0.25, 0.3) is 11.8 Å². The van der Waals surface area contributed by atoms with Crippen molar-refractivity contribution >= 4 is 17.5 Å². The first-order valence-corrected chi connectivity index (χ1v) is 9.74. The summed E-state index contributed by atoms with van der Waals surface area (Å²) in [5.74, 6) is 1.54. The van der Waals surface area contributed by atoms with Crippen LogP contribution in [0.4, 0.5) is 0 Å². The molecular weight excluding hydrogens is 404 g/mol. The summed E-state index contributed by atoms with van der Waals surface area (Å²) in [6.07, 6.45) is 4.80. The summed E-state index contributed by atoms with van der Waals surface area (Å²) in [4.78, 5) is 25.3. The van der Waals surface area contributed by atoms with E-state index < -0.39 is 0 Å². The SMILES string of the molecule is CC(C)c1noc(-c2ccnc(-n3cnc(C(=O)NCc4ccc(Cl)cc4)c3)c2)n1. The zero-order chi connectivity index (χ0) is 21.1. The molecule has 0 bridgehead atoms. The van der Waals surface area contributed by atoms with E-state index in [9.17, 15) is 4.79 Å². The number of benzene rings is 1. The third-order valence-electron chi connectivity index (χ3n) is 4.40. The Morgan fingerprint density at radius 2 is 2.00 bits per heavy atom. The number of imidazole rings is 1. The van der Waals surface area contributed by atoms with E-state index >= 15 is 0 Å². The molecule has 0 fully saturated rings. The number of amides is 1. The van der Waals surface area contributed by atoms with Crippen molar-refractivity contribution in [3.63, 3.8) is 0 Å². The van der Waals surface area contributed by atoms with Gasteiger partial charge in [0.1, 0.15) is 17.8 Å². The molecule has 4 aromatic rings. The summed E-state index contributed by atoms with van der Waals surface area (Å²) >= 11 is 5.88. The van der Waals surface area contributed by atoms with Gasteiger partial charge in [-0.1, -0.05) is 42.7 Å². The molecule has 3 heterocycles. The van der Waals surface area contributed by atoms with E-state index in [4.69, 9.17) is 16.1 Å². The van der Waals surface area contributed by atoms with Crippen LogP contribution in [-0.4, -0.2) is 30.6 Å².